The summed E-state index contributed by atoms with van der Waals surface area (Å²) >= 11 is 14.9. The minimum Gasteiger partial charge on any atom is -0.481 e. The first-order valence-corrected chi connectivity index (χ1v) is 23.8. The van der Waals surface area contributed by atoms with Crippen molar-refractivity contribution in [3.63, 3.8) is 0 Å². The fraction of sp³-hybridized carbons (Fsp3) is 0.382. The summed E-state index contributed by atoms with van der Waals surface area (Å²) in [4.78, 5) is 65.9. The molecule has 0 aromatic carbocycles. The Morgan fingerprint density at radius 3 is 1.37 bits per heavy atom. The van der Waals surface area contributed by atoms with E-state index in [1.54, 1.807) is 34.8 Å². The van der Waals surface area contributed by atoms with Crippen LogP contribution in [-0.4, -0.2) is 95.1 Å². The van der Waals surface area contributed by atoms with Gasteiger partial charge < -0.3 is 30.8 Å². The zero-order valence-electron chi connectivity index (χ0n) is 33.1. The van der Waals surface area contributed by atoms with Crippen LogP contribution in [0.3, 0.4) is 0 Å². The van der Waals surface area contributed by atoms with Crippen molar-refractivity contribution in [3.8, 4) is 21.7 Å². The second-order valence-corrected chi connectivity index (χ2v) is 18.7. The number of hydrogen-bond acceptors (Lipinski definition) is 20. The number of rotatable bonds is 8. The predicted molar refractivity (Wildman–Crippen MR) is 246 cm³/mol. The van der Waals surface area contributed by atoms with Crippen molar-refractivity contribution in [1.82, 2.24) is 54.9 Å². The van der Waals surface area contributed by atoms with Crippen molar-refractivity contribution in [2.45, 2.75) is 83.8 Å². The number of nitrogen functional groups attached to an aromatic ring is 2. The quantitative estimate of drug-likeness (QED) is 0.0400. The molecule has 3 aliphatic rings. The molecule has 0 saturated heterocycles. The minimum atomic E-state index is -0.981. The molecule has 0 atom stereocenters. The highest BCUT2D eigenvalue weighted by molar-refractivity contribution is 9.11. The maximum absolute atomic E-state index is 10.7. The number of Topliss-reactive ketones (excluding diaryl/α,β-unsaturated/α-hetero) is 2. The molecule has 9 rings (SSSR count). The van der Waals surface area contributed by atoms with Gasteiger partial charge in [-0.25, -0.2) is 30.6 Å². The molecular weight excluding hydrogens is 1080 g/mol. The van der Waals surface area contributed by atoms with Crippen LogP contribution in [0.15, 0.2) is 48.0 Å². The van der Waals surface area contributed by atoms with Gasteiger partial charge in [-0.3, -0.25) is 24.6 Å². The van der Waals surface area contributed by atoms with E-state index in [1.807, 2.05) is 16.2 Å². The van der Waals surface area contributed by atoms with E-state index >= 15 is 0 Å². The molecule has 334 valence electrons. The number of carbonyl (C=O) groups is 5. The van der Waals surface area contributed by atoms with E-state index in [2.05, 4.69) is 97.3 Å². The van der Waals surface area contributed by atoms with E-state index in [0.29, 0.717) is 38.2 Å². The van der Waals surface area contributed by atoms with Gasteiger partial charge in [-0.15, -0.1) is 65.7 Å². The Bertz CT molecular complexity index is 2270. The number of aromatic nitrogens is 10. The fourth-order valence-electron chi connectivity index (χ4n) is 4.00. The van der Waals surface area contributed by atoms with E-state index in [9.17, 15) is 19.2 Å². The summed E-state index contributed by atoms with van der Waals surface area (Å²) in [5.74, 6) is 4.85. The number of anilines is 1. The topological polar surface area (TPSA) is 329 Å². The lowest BCUT2D eigenvalue weighted by Gasteiger charge is -1.99. The number of hydrogen-bond donors (Lipinski definition) is 6. The molecule has 6 heterocycles. The zero-order chi connectivity index (χ0) is 45.9. The Morgan fingerprint density at radius 1 is 0.694 bits per heavy atom. The lowest BCUT2D eigenvalue weighted by molar-refractivity contribution is -0.134. The number of nitrogens with one attached hydrogen (secondary N) is 1. The Labute approximate surface area is 395 Å². The Balaban J connectivity index is 0.000000201. The summed E-state index contributed by atoms with van der Waals surface area (Å²) in [5.41, 5.74) is 12.8. The van der Waals surface area contributed by atoms with Gasteiger partial charge in [0.2, 0.25) is 5.01 Å². The number of amides is 1. The van der Waals surface area contributed by atoms with Crippen molar-refractivity contribution in [2.75, 3.05) is 5.73 Å². The standard InChI is InChI=1S/C8H7BrN4S.C8H9N5S.C5H8O2.C4H4BrN3OS.C4H2BrNO2S.C3H7N.C2H4O2/c2*9-6-3-14-8(11-6)7-12-10-4-13(7)5-1-2-5;1-4(6)3-5(2)7;5-2-1-10-4(7-2)3(9)8-6;5-2-1-9-3(6-2)4(7)8;4-3-1-2-3;1-2(3)4/h3-5H,1-2H2;3-5H,1-2,9H2;3H2,1-2H3;1H,6H2,(H,8,9);1H,(H,7,8);3H,1-2,4H2;1H3,(H,3,4). The molecule has 28 heteroatoms. The molecule has 3 fully saturated rings. The van der Waals surface area contributed by atoms with Crippen LogP contribution in [0.5, 0.6) is 0 Å². The van der Waals surface area contributed by atoms with E-state index in [1.165, 1.54) is 75.0 Å². The highest BCUT2D eigenvalue weighted by atomic mass is 79.9. The third kappa shape index (κ3) is 20.3. The number of carbonyl (C=O) groups excluding carboxylic acids is 3. The molecule has 6 aromatic heterocycles. The third-order valence-corrected chi connectivity index (χ3v) is 12.5. The molecular formula is C34H41Br3N14O7S4. The number of carboxylic acids is 2. The van der Waals surface area contributed by atoms with Crippen LogP contribution >= 0.6 is 93.1 Å². The van der Waals surface area contributed by atoms with Gasteiger partial charge in [-0.05, 0) is 100 Å². The number of aromatic carboxylic acids is 1. The average molecular weight is 1130 g/mol. The molecule has 21 nitrogen and oxygen atoms in total. The second kappa shape index (κ2) is 26.4. The Kier molecular flexibility index (Phi) is 22.1. The van der Waals surface area contributed by atoms with Gasteiger partial charge in [0.05, 0.1) is 6.42 Å². The fourth-order valence-corrected chi connectivity index (χ4v) is 8.17. The van der Waals surface area contributed by atoms with Crippen molar-refractivity contribution in [1.29, 1.82) is 0 Å². The van der Waals surface area contributed by atoms with E-state index in [0.717, 1.165) is 44.5 Å². The number of thiazole rings is 4. The highest BCUT2D eigenvalue weighted by Gasteiger charge is 2.28. The molecule has 9 N–H and O–H groups in total. The summed E-state index contributed by atoms with van der Waals surface area (Å²) in [5, 5.41) is 41.1. The van der Waals surface area contributed by atoms with Gasteiger partial charge in [0, 0.05) is 46.6 Å². The molecule has 62 heavy (non-hydrogen) atoms. The van der Waals surface area contributed by atoms with Crippen molar-refractivity contribution in [2.24, 2.45) is 11.6 Å². The lowest BCUT2D eigenvalue weighted by atomic mass is 10.2. The predicted octanol–water partition coefficient (Wildman–Crippen LogP) is 6.68. The van der Waals surface area contributed by atoms with Crippen LogP contribution in [0, 0.1) is 0 Å². The number of carboxylic acid groups (broad SMARTS) is 2. The van der Waals surface area contributed by atoms with Gasteiger partial charge in [0.25, 0.3) is 11.9 Å². The normalized spacial score (nSPS) is 13.2. The monoisotopic (exact) mass is 1120 g/mol. The van der Waals surface area contributed by atoms with E-state index < -0.39 is 11.9 Å². The van der Waals surface area contributed by atoms with Gasteiger partial charge in [-0.1, -0.05) is 0 Å². The number of ketones is 2. The number of hydrazine groups is 1. The molecule has 0 aliphatic heterocycles. The molecule has 0 radical (unpaired) electrons. The number of halogens is 3. The maximum Gasteiger partial charge on any atom is 0.365 e. The van der Waals surface area contributed by atoms with Crippen molar-refractivity contribution < 1.29 is 34.2 Å². The SMILES string of the molecule is Brc1csc(-c2nncn2C2CC2)n1.CC(=O)CC(C)=O.CC(=O)O.NC1CC1.NNC(=O)c1nc(Br)cs1.Nc1csc(-c2nncn2C2CC2)n1.O=C(O)c1nc(Br)cs1. The van der Waals surface area contributed by atoms with Gasteiger partial charge in [0.1, 0.15) is 43.8 Å². The van der Waals surface area contributed by atoms with Crippen LogP contribution < -0.4 is 22.7 Å². The Morgan fingerprint density at radius 2 is 1.10 bits per heavy atom. The molecule has 0 spiro atoms. The third-order valence-electron chi connectivity index (χ3n) is 6.99. The molecule has 6 aromatic rings. The van der Waals surface area contributed by atoms with Crippen LogP contribution in [0.1, 0.15) is 97.4 Å². The van der Waals surface area contributed by atoms with E-state index in [4.69, 9.17) is 32.3 Å². The van der Waals surface area contributed by atoms with Crippen molar-refractivity contribution in [3.05, 3.63) is 58.0 Å². The second-order valence-electron chi connectivity index (χ2n) is 12.8. The summed E-state index contributed by atoms with van der Waals surface area (Å²) < 4.78 is 6.28. The number of nitrogens with zero attached hydrogens (tertiary/aromatic N) is 10. The first kappa shape index (κ1) is 52.1. The van der Waals surface area contributed by atoms with E-state index in [-0.39, 0.29) is 28.9 Å². The van der Waals surface area contributed by atoms with Gasteiger partial charge in [0.15, 0.2) is 26.7 Å². The van der Waals surface area contributed by atoms with Gasteiger partial charge in [-0.2, -0.15) is 0 Å². The van der Waals surface area contributed by atoms with Crippen LogP contribution in [0.2, 0.25) is 0 Å². The van der Waals surface area contributed by atoms with Crippen LogP contribution in [0.25, 0.3) is 21.7 Å². The largest absolute Gasteiger partial charge is 0.481 e. The molecule has 0 bridgehead atoms. The number of aliphatic carboxylic acids is 1. The molecule has 3 saturated carbocycles. The van der Waals surface area contributed by atoms with Crippen LogP contribution in [0.4, 0.5) is 5.82 Å². The smallest absolute Gasteiger partial charge is 0.365 e. The lowest BCUT2D eigenvalue weighted by Crippen LogP contribution is -2.29. The number of nitrogens with two attached hydrogens (primary N) is 3. The van der Waals surface area contributed by atoms with Crippen LogP contribution in [-0.2, 0) is 14.4 Å². The molecule has 3 aliphatic carbocycles. The maximum atomic E-state index is 10.7. The summed E-state index contributed by atoms with van der Waals surface area (Å²) in [7, 11) is 0. The highest BCUT2D eigenvalue weighted by Crippen LogP contribution is 2.39. The Hall–Kier alpha value is -4.29. The zero-order valence-corrected chi connectivity index (χ0v) is 41.1. The first-order chi connectivity index (χ1) is 29.4. The summed E-state index contributed by atoms with van der Waals surface area (Å²) in [6.45, 7) is 3.89. The summed E-state index contributed by atoms with van der Waals surface area (Å²) in [6.07, 6.45) is 11.1. The molecule has 0 unspecified atom stereocenters. The summed E-state index contributed by atoms with van der Waals surface area (Å²) in [6, 6.07) is 1.76. The first-order valence-electron chi connectivity index (χ1n) is 17.9. The minimum absolute atomic E-state index is 0.0625. The molecule has 1 amide bonds. The van der Waals surface area contributed by atoms with Crippen molar-refractivity contribution >= 4 is 128 Å². The average Bonchev–Trinajstić information content (AvgIpc) is 4.08. The van der Waals surface area contributed by atoms with Gasteiger partial charge >= 0.3 is 5.97 Å².